The molecule has 1 unspecified atom stereocenters. The quantitative estimate of drug-likeness (QED) is 0.602. The first-order valence-electron chi connectivity index (χ1n) is 4.51. The molecule has 1 N–H and O–H groups in total. The van der Waals surface area contributed by atoms with E-state index in [2.05, 4.69) is 31.3 Å². The average Bonchev–Trinajstić information content (AvgIpc) is 2.27. The predicted octanol–water partition coefficient (Wildman–Crippen LogP) is 1.55. The SMILES string of the molecule is IN1CCC(NC2CCC2)C1. The first-order chi connectivity index (χ1) is 5.34. The van der Waals surface area contributed by atoms with Crippen molar-refractivity contribution in [3.05, 3.63) is 0 Å². The van der Waals surface area contributed by atoms with E-state index in [1.807, 2.05) is 0 Å². The highest BCUT2D eigenvalue weighted by molar-refractivity contribution is 14.1. The van der Waals surface area contributed by atoms with Gasteiger partial charge in [-0.2, -0.15) is 0 Å². The van der Waals surface area contributed by atoms with Crippen LogP contribution < -0.4 is 5.32 Å². The van der Waals surface area contributed by atoms with Gasteiger partial charge in [-0.1, -0.05) is 6.42 Å². The molecule has 2 fully saturated rings. The highest BCUT2D eigenvalue weighted by Gasteiger charge is 2.25. The average molecular weight is 266 g/mol. The first-order valence-corrected chi connectivity index (χ1v) is 5.48. The fraction of sp³-hybridized carbons (Fsp3) is 1.00. The maximum atomic E-state index is 3.70. The molecule has 1 heterocycles. The minimum absolute atomic E-state index is 0.789. The standard InChI is InChI=1S/C8H15IN2/c9-11-5-4-8(6-11)10-7-2-1-3-7/h7-8,10H,1-6H2. The Bertz CT molecular complexity index is 136. The van der Waals surface area contributed by atoms with Crippen molar-refractivity contribution in [2.45, 2.75) is 37.8 Å². The fourth-order valence-corrected chi connectivity index (χ4v) is 2.52. The Morgan fingerprint density at radius 1 is 1.18 bits per heavy atom. The molecule has 0 aromatic rings. The summed E-state index contributed by atoms with van der Waals surface area (Å²) >= 11 is 2.42. The van der Waals surface area contributed by atoms with Gasteiger partial charge in [-0.25, -0.2) is 3.11 Å². The van der Waals surface area contributed by atoms with E-state index >= 15 is 0 Å². The Hall–Kier alpha value is 0.650. The molecule has 3 heteroatoms. The van der Waals surface area contributed by atoms with Crippen molar-refractivity contribution in [1.82, 2.24) is 8.43 Å². The highest BCUT2D eigenvalue weighted by atomic mass is 127. The van der Waals surface area contributed by atoms with Crippen LogP contribution in [0.2, 0.25) is 0 Å². The molecule has 64 valence electrons. The Morgan fingerprint density at radius 2 is 2.00 bits per heavy atom. The molecule has 1 saturated heterocycles. The first kappa shape index (κ1) is 8.26. The van der Waals surface area contributed by atoms with E-state index in [0.29, 0.717) is 0 Å². The Balaban J connectivity index is 1.70. The molecule has 1 aliphatic carbocycles. The second-order valence-electron chi connectivity index (χ2n) is 3.65. The molecule has 0 amide bonds. The molecule has 0 bridgehead atoms. The summed E-state index contributed by atoms with van der Waals surface area (Å²) in [6, 6.07) is 1.65. The topological polar surface area (TPSA) is 15.3 Å². The summed E-state index contributed by atoms with van der Waals surface area (Å²) in [5.74, 6) is 0. The predicted molar refractivity (Wildman–Crippen MR) is 54.8 cm³/mol. The van der Waals surface area contributed by atoms with E-state index in [4.69, 9.17) is 0 Å². The molecule has 0 radical (unpaired) electrons. The molecule has 2 nitrogen and oxygen atoms in total. The van der Waals surface area contributed by atoms with Crippen LogP contribution in [0.25, 0.3) is 0 Å². The van der Waals surface area contributed by atoms with Crippen LogP contribution in [0.5, 0.6) is 0 Å². The number of nitrogens with zero attached hydrogens (tertiary/aromatic N) is 1. The Morgan fingerprint density at radius 3 is 2.45 bits per heavy atom. The minimum atomic E-state index is 0.789. The van der Waals surface area contributed by atoms with Crippen LogP contribution >= 0.6 is 22.9 Å². The van der Waals surface area contributed by atoms with Crippen LogP contribution in [0.3, 0.4) is 0 Å². The van der Waals surface area contributed by atoms with Crippen LogP contribution in [0.1, 0.15) is 25.7 Å². The molecule has 1 aliphatic heterocycles. The smallest absolute Gasteiger partial charge is 0.0236 e. The second-order valence-corrected chi connectivity index (χ2v) is 5.01. The van der Waals surface area contributed by atoms with Crippen LogP contribution in [0.15, 0.2) is 0 Å². The van der Waals surface area contributed by atoms with Crippen molar-refractivity contribution in [1.29, 1.82) is 0 Å². The third-order valence-electron chi connectivity index (χ3n) is 2.72. The monoisotopic (exact) mass is 266 g/mol. The summed E-state index contributed by atoms with van der Waals surface area (Å²) in [7, 11) is 0. The zero-order chi connectivity index (χ0) is 7.68. The van der Waals surface area contributed by atoms with Gasteiger partial charge in [0.2, 0.25) is 0 Å². The van der Waals surface area contributed by atoms with E-state index in [1.54, 1.807) is 0 Å². The van der Waals surface area contributed by atoms with Crippen molar-refractivity contribution < 1.29 is 0 Å². The van der Waals surface area contributed by atoms with Gasteiger partial charge in [0.1, 0.15) is 0 Å². The summed E-state index contributed by atoms with van der Waals surface area (Å²) in [5.41, 5.74) is 0. The van der Waals surface area contributed by atoms with Gasteiger partial charge in [0.15, 0.2) is 0 Å². The van der Waals surface area contributed by atoms with Gasteiger partial charge in [0.25, 0.3) is 0 Å². The molecule has 11 heavy (non-hydrogen) atoms. The molecule has 1 atom stereocenters. The maximum absolute atomic E-state index is 3.70. The van der Waals surface area contributed by atoms with Crippen molar-refractivity contribution >= 4 is 22.9 Å². The zero-order valence-corrected chi connectivity index (χ0v) is 8.88. The molecule has 1 saturated carbocycles. The summed E-state index contributed by atoms with van der Waals surface area (Å²) in [4.78, 5) is 0. The number of rotatable bonds is 2. The fourth-order valence-electron chi connectivity index (χ4n) is 1.76. The number of hydrogen-bond donors (Lipinski definition) is 1. The lowest BCUT2D eigenvalue weighted by molar-refractivity contribution is 0.308. The molecule has 0 spiro atoms. The van der Waals surface area contributed by atoms with Gasteiger partial charge in [-0.05, 0) is 19.3 Å². The van der Waals surface area contributed by atoms with Gasteiger partial charge in [-0.3, -0.25) is 0 Å². The van der Waals surface area contributed by atoms with Crippen molar-refractivity contribution in [2.24, 2.45) is 0 Å². The summed E-state index contributed by atoms with van der Waals surface area (Å²) in [6.45, 7) is 2.52. The minimum Gasteiger partial charge on any atom is -0.310 e. The molecule has 0 aromatic heterocycles. The van der Waals surface area contributed by atoms with Gasteiger partial charge in [0, 0.05) is 48.0 Å². The molecular formula is C8H15IN2. The van der Waals surface area contributed by atoms with Gasteiger partial charge in [-0.15, -0.1) is 0 Å². The summed E-state index contributed by atoms with van der Waals surface area (Å²) in [6.07, 6.45) is 5.62. The lowest BCUT2D eigenvalue weighted by Gasteiger charge is -2.29. The second kappa shape index (κ2) is 3.58. The lowest BCUT2D eigenvalue weighted by Crippen LogP contribution is -2.43. The van der Waals surface area contributed by atoms with Crippen LogP contribution in [0, 0.1) is 0 Å². The molecule has 2 rings (SSSR count). The zero-order valence-electron chi connectivity index (χ0n) is 6.72. The van der Waals surface area contributed by atoms with Crippen molar-refractivity contribution in [3.8, 4) is 0 Å². The Kier molecular flexibility index (Phi) is 2.69. The van der Waals surface area contributed by atoms with E-state index in [-0.39, 0.29) is 0 Å². The third-order valence-corrected chi connectivity index (χ3v) is 3.59. The van der Waals surface area contributed by atoms with Crippen molar-refractivity contribution in [2.75, 3.05) is 13.1 Å². The van der Waals surface area contributed by atoms with E-state index in [1.165, 1.54) is 38.8 Å². The summed E-state index contributed by atoms with van der Waals surface area (Å²) in [5, 5.41) is 3.70. The Labute approximate surface area is 82.2 Å². The highest BCUT2D eigenvalue weighted by Crippen LogP contribution is 2.21. The largest absolute Gasteiger partial charge is 0.310 e. The molecule has 2 aliphatic rings. The van der Waals surface area contributed by atoms with Crippen LogP contribution in [-0.4, -0.2) is 28.3 Å². The summed E-state index contributed by atoms with van der Waals surface area (Å²) < 4.78 is 2.38. The lowest BCUT2D eigenvalue weighted by atomic mass is 9.92. The van der Waals surface area contributed by atoms with Crippen LogP contribution in [0.4, 0.5) is 0 Å². The number of hydrogen-bond acceptors (Lipinski definition) is 2. The number of nitrogens with one attached hydrogen (secondary N) is 1. The molecular weight excluding hydrogens is 251 g/mol. The van der Waals surface area contributed by atoms with Gasteiger partial charge >= 0.3 is 0 Å². The van der Waals surface area contributed by atoms with E-state index in [9.17, 15) is 0 Å². The van der Waals surface area contributed by atoms with E-state index in [0.717, 1.165) is 12.1 Å². The number of halogens is 1. The van der Waals surface area contributed by atoms with E-state index < -0.39 is 0 Å². The maximum Gasteiger partial charge on any atom is 0.0236 e. The normalized spacial score (nSPS) is 34.1. The van der Waals surface area contributed by atoms with Crippen molar-refractivity contribution in [3.63, 3.8) is 0 Å². The van der Waals surface area contributed by atoms with Gasteiger partial charge in [0.05, 0.1) is 0 Å². The molecule has 0 aromatic carbocycles. The third kappa shape index (κ3) is 2.06. The van der Waals surface area contributed by atoms with Crippen LogP contribution in [-0.2, 0) is 0 Å². The van der Waals surface area contributed by atoms with Gasteiger partial charge < -0.3 is 5.32 Å².